The summed E-state index contributed by atoms with van der Waals surface area (Å²) in [6.45, 7) is 8.51. The van der Waals surface area contributed by atoms with Gasteiger partial charge in [-0.25, -0.2) is 4.98 Å². The molecular formula is C24H28BrN3O3. The Bertz CT molecular complexity index is 1140. The summed E-state index contributed by atoms with van der Waals surface area (Å²) in [5.41, 5.74) is 1.31. The van der Waals surface area contributed by atoms with Crippen LogP contribution in [0.15, 0.2) is 50.8 Å². The molecule has 0 N–H and O–H groups in total. The fourth-order valence-corrected chi connectivity index (χ4v) is 3.52. The van der Waals surface area contributed by atoms with Gasteiger partial charge in [-0.3, -0.25) is 4.79 Å². The molecular weight excluding hydrogens is 458 g/mol. The summed E-state index contributed by atoms with van der Waals surface area (Å²) >= 11 is 3.43. The highest BCUT2D eigenvalue weighted by Gasteiger charge is 2.12. The van der Waals surface area contributed by atoms with Crippen molar-refractivity contribution in [1.82, 2.24) is 9.66 Å². The van der Waals surface area contributed by atoms with Crippen molar-refractivity contribution in [3.8, 4) is 11.5 Å². The van der Waals surface area contributed by atoms with Crippen LogP contribution in [-0.2, 0) is 6.42 Å². The minimum atomic E-state index is -0.182. The first-order valence-electron chi connectivity index (χ1n) is 10.6. The fraction of sp³-hybridized carbons (Fsp3) is 0.375. The second-order valence-corrected chi connectivity index (χ2v) is 8.38. The van der Waals surface area contributed by atoms with Gasteiger partial charge in [0.1, 0.15) is 5.82 Å². The quantitative estimate of drug-likeness (QED) is 0.371. The number of halogens is 1. The zero-order valence-corrected chi connectivity index (χ0v) is 20.0. The van der Waals surface area contributed by atoms with E-state index in [2.05, 4.69) is 28.0 Å². The monoisotopic (exact) mass is 485 g/mol. The first kappa shape index (κ1) is 23.0. The van der Waals surface area contributed by atoms with Crippen molar-refractivity contribution >= 4 is 33.0 Å². The Kier molecular flexibility index (Phi) is 7.85. The van der Waals surface area contributed by atoms with E-state index >= 15 is 0 Å². The summed E-state index contributed by atoms with van der Waals surface area (Å²) in [6.07, 6.45) is 4.32. The third kappa shape index (κ3) is 5.73. The summed E-state index contributed by atoms with van der Waals surface area (Å²) in [4.78, 5) is 17.9. The lowest BCUT2D eigenvalue weighted by Crippen LogP contribution is -2.22. The van der Waals surface area contributed by atoms with E-state index in [-0.39, 0.29) is 11.7 Å². The van der Waals surface area contributed by atoms with Crippen molar-refractivity contribution in [3.63, 3.8) is 0 Å². The van der Waals surface area contributed by atoms with E-state index in [0.29, 0.717) is 41.3 Å². The highest BCUT2D eigenvalue weighted by atomic mass is 79.9. The number of hydrogen-bond acceptors (Lipinski definition) is 5. The molecule has 0 spiro atoms. The zero-order valence-electron chi connectivity index (χ0n) is 18.4. The second-order valence-electron chi connectivity index (χ2n) is 7.46. The van der Waals surface area contributed by atoms with Gasteiger partial charge in [0.25, 0.3) is 5.56 Å². The van der Waals surface area contributed by atoms with E-state index in [9.17, 15) is 4.79 Å². The summed E-state index contributed by atoms with van der Waals surface area (Å²) in [6, 6.07) is 11.2. The highest BCUT2D eigenvalue weighted by Crippen LogP contribution is 2.29. The van der Waals surface area contributed by atoms with Crippen LogP contribution in [-0.4, -0.2) is 28.6 Å². The Balaban J connectivity index is 2.04. The first-order chi connectivity index (χ1) is 14.9. The minimum absolute atomic E-state index is 0.0430. The third-order valence-electron chi connectivity index (χ3n) is 4.58. The summed E-state index contributed by atoms with van der Waals surface area (Å²) < 4.78 is 13.8. The Morgan fingerprint density at radius 2 is 1.97 bits per heavy atom. The van der Waals surface area contributed by atoms with Crippen LogP contribution in [0.3, 0.4) is 0 Å². The number of aromatic nitrogens is 2. The van der Waals surface area contributed by atoms with Gasteiger partial charge in [-0.2, -0.15) is 9.78 Å². The fourth-order valence-electron chi connectivity index (χ4n) is 3.16. The molecule has 0 radical (unpaired) electrons. The second kappa shape index (κ2) is 10.6. The van der Waals surface area contributed by atoms with Gasteiger partial charge in [0.05, 0.1) is 29.8 Å². The predicted molar refractivity (Wildman–Crippen MR) is 129 cm³/mol. The van der Waals surface area contributed by atoms with Crippen molar-refractivity contribution in [2.24, 2.45) is 5.10 Å². The lowest BCUT2D eigenvalue weighted by Gasteiger charge is -2.15. The number of benzene rings is 2. The van der Waals surface area contributed by atoms with Crippen molar-refractivity contribution in [2.45, 2.75) is 53.1 Å². The minimum Gasteiger partial charge on any atom is -0.490 e. The molecule has 0 fully saturated rings. The van der Waals surface area contributed by atoms with Crippen LogP contribution in [0.25, 0.3) is 10.9 Å². The molecule has 7 heteroatoms. The van der Waals surface area contributed by atoms with Crippen LogP contribution in [0.2, 0.25) is 0 Å². The molecule has 0 amide bonds. The molecule has 3 aromatic rings. The van der Waals surface area contributed by atoms with E-state index in [1.165, 1.54) is 4.68 Å². The maximum Gasteiger partial charge on any atom is 0.282 e. The van der Waals surface area contributed by atoms with E-state index in [4.69, 9.17) is 14.5 Å². The highest BCUT2D eigenvalue weighted by molar-refractivity contribution is 9.10. The number of hydrogen-bond donors (Lipinski definition) is 0. The van der Waals surface area contributed by atoms with Gasteiger partial charge >= 0.3 is 0 Å². The number of nitrogens with zero attached hydrogens (tertiary/aromatic N) is 3. The normalized spacial score (nSPS) is 11.5. The maximum atomic E-state index is 13.2. The lowest BCUT2D eigenvalue weighted by molar-refractivity contribution is 0.224. The van der Waals surface area contributed by atoms with Crippen LogP contribution in [0.5, 0.6) is 11.5 Å². The number of unbranched alkanes of at least 4 members (excludes halogenated alkanes) is 1. The van der Waals surface area contributed by atoms with E-state index in [0.717, 1.165) is 22.9 Å². The average Bonchev–Trinajstić information content (AvgIpc) is 2.73. The van der Waals surface area contributed by atoms with Gasteiger partial charge in [0.2, 0.25) is 0 Å². The molecule has 1 aromatic heterocycles. The Hall–Kier alpha value is -2.67. The SMILES string of the molecule is CCCCc1nc2ccc(Br)cc2c(=O)n1N=Cc1ccc(OC(C)C)c(OCC)c1. The molecule has 0 bridgehead atoms. The van der Waals surface area contributed by atoms with Crippen LogP contribution in [0.4, 0.5) is 0 Å². The molecule has 6 nitrogen and oxygen atoms in total. The standard InChI is InChI=1S/C24H28BrN3O3/c1-5-7-8-23-27-20-11-10-18(25)14-19(20)24(29)28(23)26-15-17-9-12-21(31-16(3)4)22(13-17)30-6-2/h9-16H,5-8H2,1-4H3. The topological polar surface area (TPSA) is 65.7 Å². The van der Waals surface area contributed by atoms with E-state index < -0.39 is 0 Å². The average molecular weight is 486 g/mol. The molecule has 31 heavy (non-hydrogen) atoms. The Morgan fingerprint density at radius 3 is 2.68 bits per heavy atom. The molecule has 1 heterocycles. The van der Waals surface area contributed by atoms with Gasteiger partial charge in [-0.15, -0.1) is 0 Å². The molecule has 0 atom stereocenters. The molecule has 0 aliphatic heterocycles. The van der Waals surface area contributed by atoms with Crippen molar-refractivity contribution in [2.75, 3.05) is 6.61 Å². The van der Waals surface area contributed by atoms with Gasteiger partial charge in [-0.05, 0) is 69.2 Å². The Morgan fingerprint density at radius 1 is 1.16 bits per heavy atom. The van der Waals surface area contributed by atoms with Gasteiger partial charge < -0.3 is 9.47 Å². The van der Waals surface area contributed by atoms with E-state index in [1.807, 2.05) is 51.1 Å². The van der Waals surface area contributed by atoms with Gasteiger partial charge in [0, 0.05) is 10.9 Å². The van der Waals surface area contributed by atoms with Crippen LogP contribution in [0, 0.1) is 0 Å². The smallest absolute Gasteiger partial charge is 0.282 e. The van der Waals surface area contributed by atoms with Crippen molar-refractivity contribution in [1.29, 1.82) is 0 Å². The maximum absolute atomic E-state index is 13.2. The molecule has 3 rings (SSSR count). The van der Waals surface area contributed by atoms with Crippen LogP contribution >= 0.6 is 15.9 Å². The number of ether oxygens (including phenoxy) is 2. The molecule has 0 aliphatic rings. The number of rotatable bonds is 9. The lowest BCUT2D eigenvalue weighted by atomic mass is 10.2. The molecule has 0 saturated heterocycles. The number of aryl methyl sites for hydroxylation is 1. The number of fused-ring (bicyclic) bond motifs is 1. The van der Waals surface area contributed by atoms with Gasteiger partial charge in [-0.1, -0.05) is 29.3 Å². The van der Waals surface area contributed by atoms with Crippen LogP contribution < -0.4 is 15.0 Å². The zero-order chi connectivity index (χ0) is 22.4. The Labute approximate surface area is 191 Å². The summed E-state index contributed by atoms with van der Waals surface area (Å²) in [7, 11) is 0. The van der Waals surface area contributed by atoms with Crippen molar-refractivity contribution < 1.29 is 9.47 Å². The largest absolute Gasteiger partial charge is 0.490 e. The molecule has 0 saturated carbocycles. The first-order valence-corrected chi connectivity index (χ1v) is 11.4. The van der Waals surface area contributed by atoms with Crippen LogP contribution in [0.1, 0.15) is 51.9 Å². The molecule has 0 aliphatic carbocycles. The summed E-state index contributed by atoms with van der Waals surface area (Å²) in [5.74, 6) is 1.99. The van der Waals surface area contributed by atoms with E-state index in [1.54, 1.807) is 12.3 Å². The predicted octanol–water partition coefficient (Wildman–Crippen LogP) is 5.57. The third-order valence-corrected chi connectivity index (χ3v) is 5.08. The molecule has 164 valence electrons. The van der Waals surface area contributed by atoms with Crippen molar-refractivity contribution in [3.05, 3.63) is 62.6 Å². The molecule has 2 aromatic carbocycles. The molecule has 0 unspecified atom stereocenters. The van der Waals surface area contributed by atoms with Gasteiger partial charge in [0.15, 0.2) is 11.5 Å². The summed E-state index contributed by atoms with van der Waals surface area (Å²) in [5, 5.41) is 5.04.